The number of rotatable bonds is 9. The van der Waals surface area contributed by atoms with Crippen molar-refractivity contribution in [2.45, 2.75) is 44.6 Å². The fourth-order valence-electron chi connectivity index (χ4n) is 3.50. The molecule has 1 atom stereocenters. The molecule has 1 saturated carbocycles. The second-order valence-corrected chi connectivity index (χ2v) is 8.47. The predicted molar refractivity (Wildman–Crippen MR) is 109 cm³/mol. The Balaban J connectivity index is 1.37. The van der Waals surface area contributed by atoms with Gasteiger partial charge < -0.3 is 14.4 Å². The molecule has 0 spiro atoms. The zero-order valence-corrected chi connectivity index (χ0v) is 17.7. The molecule has 166 valence electrons. The van der Waals surface area contributed by atoms with Gasteiger partial charge in [-0.3, -0.25) is 14.9 Å². The molecule has 2 aromatic rings. The van der Waals surface area contributed by atoms with Gasteiger partial charge >= 0.3 is 6.61 Å². The summed E-state index contributed by atoms with van der Waals surface area (Å²) in [6.45, 7) is -0.674. The number of amides is 2. The van der Waals surface area contributed by atoms with Crippen LogP contribution in [-0.4, -0.2) is 53.2 Å². The number of hydrogen-bond donors (Lipinski definition) is 1. The zero-order chi connectivity index (χ0) is 22.0. The Kier molecular flexibility index (Phi) is 6.30. The monoisotopic (exact) mass is 452 g/mol. The molecule has 1 aromatic heterocycles. The Morgan fingerprint density at radius 1 is 1.29 bits per heavy atom. The Morgan fingerprint density at radius 3 is 2.81 bits per heavy atom. The number of hydrogen-bond acceptors (Lipinski definition) is 7. The molecular weight excluding hydrogens is 430 g/mol. The Labute approximate surface area is 181 Å². The van der Waals surface area contributed by atoms with Crippen molar-refractivity contribution in [1.82, 2.24) is 15.1 Å². The lowest BCUT2D eigenvalue weighted by atomic mass is 9.98. The zero-order valence-electron chi connectivity index (χ0n) is 16.8. The van der Waals surface area contributed by atoms with E-state index in [-0.39, 0.29) is 48.8 Å². The molecule has 1 aromatic carbocycles. The van der Waals surface area contributed by atoms with Gasteiger partial charge in [0.2, 0.25) is 16.9 Å². The van der Waals surface area contributed by atoms with E-state index in [0.717, 1.165) is 23.4 Å². The van der Waals surface area contributed by atoms with Crippen LogP contribution in [0.5, 0.6) is 11.5 Å². The lowest BCUT2D eigenvalue weighted by molar-refractivity contribution is -0.131. The van der Waals surface area contributed by atoms with Gasteiger partial charge in [-0.25, -0.2) is 0 Å². The average molecular weight is 452 g/mol. The summed E-state index contributed by atoms with van der Waals surface area (Å²) in [5, 5.41) is 12.1. The lowest BCUT2D eigenvalue weighted by Crippen LogP contribution is -2.34. The van der Waals surface area contributed by atoms with E-state index in [1.165, 1.54) is 22.3 Å². The molecule has 1 saturated heterocycles. The van der Waals surface area contributed by atoms with Crippen molar-refractivity contribution >= 4 is 28.3 Å². The first-order valence-electron chi connectivity index (χ1n) is 10.1. The van der Waals surface area contributed by atoms with Crippen LogP contribution >= 0.6 is 11.3 Å². The van der Waals surface area contributed by atoms with Gasteiger partial charge in [0.25, 0.3) is 0 Å². The molecule has 11 heteroatoms. The molecule has 1 aliphatic heterocycles. The minimum Gasteiger partial charge on any atom is -0.490 e. The van der Waals surface area contributed by atoms with Crippen molar-refractivity contribution in [3.8, 4) is 11.5 Å². The maximum atomic E-state index is 12.6. The number of carbonyl (C=O) groups is 2. The quantitative estimate of drug-likeness (QED) is 0.627. The van der Waals surface area contributed by atoms with E-state index in [0.29, 0.717) is 17.6 Å². The third kappa shape index (κ3) is 5.27. The minimum absolute atomic E-state index is 0.0521. The van der Waals surface area contributed by atoms with Crippen LogP contribution in [0.2, 0.25) is 0 Å². The molecule has 2 aliphatic rings. The maximum absolute atomic E-state index is 12.6. The number of nitrogens with one attached hydrogen (secondary N) is 1. The topological polar surface area (TPSA) is 93.7 Å². The normalized spacial score (nSPS) is 18.5. The summed E-state index contributed by atoms with van der Waals surface area (Å²) in [7, 11) is 0. The van der Waals surface area contributed by atoms with Gasteiger partial charge in [-0.2, -0.15) is 8.78 Å². The number of benzene rings is 1. The largest absolute Gasteiger partial charge is 0.490 e. The number of nitrogens with zero attached hydrogens (tertiary/aromatic N) is 3. The standard InChI is InChI=1S/C20H22F2N4O4S/c1-2-29-15-7-12(5-6-14(15)30-19(21)22)13-8-17(28)26(9-13)10-16(27)23-20-25-24-18(31-20)11-3-4-11/h5-7,11,13,19H,2-4,8-10H2,1H3,(H,23,25,27). The summed E-state index contributed by atoms with van der Waals surface area (Å²) in [5.41, 5.74) is 0.763. The number of anilines is 1. The van der Waals surface area contributed by atoms with E-state index in [1.807, 2.05) is 0 Å². The Morgan fingerprint density at radius 2 is 2.10 bits per heavy atom. The first kappa shape index (κ1) is 21.4. The summed E-state index contributed by atoms with van der Waals surface area (Å²) in [4.78, 5) is 26.3. The number of halogens is 2. The van der Waals surface area contributed by atoms with Gasteiger partial charge in [0.15, 0.2) is 11.5 Å². The van der Waals surface area contributed by atoms with Crippen LogP contribution in [0.15, 0.2) is 18.2 Å². The fraction of sp³-hybridized carbons (Fsp3) is 0.500. The second kappa shape index (κ2) is 9.13. The number of likely N-dealkylation sites (tertiary alicyclic amines) is 1. The smallest absolute Gasteiger partial charge is 0.387 e. The highest BCUT2D eigenvalue weighted by Crippen LogP contribution is 2.42. The van der Waals surface area contributed by atoms with Gasteiger partial charge in [0, 0.05) is 24.8 Å². The van der Waals surface area contributed by atoms with Gasteiger partial charge in [-0.1, -0.05) is 17.4 Å². The SMILES string of the molecule is CCOc1cc(C2CC(=O)N(CC(=O)Nc3nnc(C4CC4)s3)C2)ccc1OC(F)F. The van der Waals surface area contributed by atoms with Crippen molar-refractivity contribution < 1.29 is 27.8 Å². The first-order chi connectivity index (χ1) is 14.9. The molecule has 2 heterocycles. The van der Waals surface area contributed by atoms with Gasteiger partial charge in [-0.05, 0) is 37.5 Å². The van der Waals surface area contributed by atoms with Crippen molar-refractivity contribution in [2.75, 3.05) is 25.0 Å². The third-order valence-electron chi connectivity index (χ3n) is 5.12. The highest BCUT2D eigenvalue weighted by molar-refractivity contribution is 7.15. The number of ether oxygens (including phenoxy) is 2. The highest BCUT2D eigenvalue weighted by Gasteiger charge is 2.33. The number of carbonyl (C=O) groups excluding carboxylic acids is 2. The highest BCUT2D eigenvalue weighted by atomic mass is 32.1. The molecule has 31 heavy (non-hydrogen) atoms. The number of aromatic nitrogens is 2. The molecule has 1 N–H and O–H groups in total. The van der Waals surface area contributed by atoms with Crippen molar-refractivity contribution in [3.05, 3.63) is 28.8 Å². The maximum Gasteiger partial charge on any atom is 0.387 e. The van der Waals surface area contributed by atoms with Crippen molar-refractivity contribution in [3.63, 3.8) is 0 Å². The third-order valence-corrected chi connectivity index (χ3v) is 6.12. The van der Waals surface area contributed by atoms with Crippen LogP contribution in [0.3, 0.4) is 0 Å². The molecule has 0 radical (unpaired) electrons. The van der Waals surface area contributed by atoms with Gasteiger partial charge in [0.1, 0.15) is 5.01 Å². The summed E-state index contributed by atoms with van der Waals surface area (Å²) < 4.78 is 35.1. The van der Waals surface area contributed by atoms with Crippen LogP contribution in [-0.2, 0) is 9.59 Å². The Hall–Kier alpha value is -2.82. The van der Waals surface area contributed by atoms with E-state index in [1.54, 1.807) is 19.1 Å². The van der Waals surface area contributed by atoms with Gasteiger partial charge in [-0.15, -0.1) is 10.2 Å². The second-order valence-electron chi connectivity index (χ2n) is 7.46. The lowest BCUT2D eigenvalue weighted by Gasteiger charge is -2.17. The van der Waals surface area contributed by atoms with Crippen LogP contribution in [0.25, 0.3) is 0 Å². The van der Waals surface area contributed by atoms with Crippen molar-refractivity contribution in [2.24, 2.45) is 0 Å². The summed E-state index contributed by atoms with van der Waals surface area (Å²) in [6.07, 6.45) is 2.43. The minimum atomic E-state index is -2.96. The predicted octanol–water partition coefficient (Wildman–Crippen LogP) is 3.37. The fourth-order valence-corrected chi connectivity index (χ4v) is 4.43. The summed E-state index contributed by atoms with van der Waals surface area (Å²) in [5.74, 6) is -0.0492. The Bertz CT molecular complexity index is 966. The average Bonchev–Trinajstić information content (AvgIpc) is 3.36. The number of alkyl halides is 2. The molecule has 0 bridgehead atoms. The van der Waals surface area contributed by atoms with E-state index in [9.17, 15) is 18.4 Å². The molecule has 4 rings (SSSR count). The molecule has 1 unspecified atom stereocenters. The molecule has 8 nitrogen and oxygen atoms in total. The van der Waals surface area contributed by atoms with Crippen LogP contribution in [0.1, 0.15) is 48.6 Å². The first-order valence-corrected chi connectivity index (χ1v) is 10.9. The molecule has 2 fully saturated rings. The van der Waals surface area contributed by atoms with Gasteiger partial charge in [0.05, 0.1) is 13.2 Å². The van der Waals surface area contributed by atoms with Crippen LogP contribution < -0.4 is 14.8 Å². The summed E-state index contributed by atoms with van der Waals surface area (Å²) in [6, 6.07) is 4.67. The summed E-state index contributed by atoms with van der Waals surface area (Å²) >= 11 is 1.36. The van der Waals surface area contributed by atoms with E-state index in [2.05, 4.69) is 20.3 Å². The molecule has 1 aliphatic carbocycles. The molecular formula is C20H22F2N4O4S. The van der Waals surface area contributed by atoms with Crippen LogP contribution in [0, 0.1) is 0 Å². The van der Waals surface area contributed by atoms with E-state index < -0.39 is 6.61 Å². The van der Waals surface area contributed by atoms with Crippen LogP contribution in [0.4, 0.5) is 13.9 Å². The van der Waals surface area contributed by atoms with E-state index >= 15 is 0 Å². The van der Waals surface area contributed by atoms with E-state index in [4.69, 9.17) is 4.74 Å². The molecule has 2 amide bonds. The van der Waals surface area contributed by atoms with Crippen molar-refractivity contribution in [1.29, 1.82) is 0 Å².